The molecule has 0 saturated heterocycles. The van der Waals surface area contributed by atoms with Gasteiger partial charge in [0.2, 0.25) is 0 Å². The number of rotatable bonds is 4. The smallest absolute Gasteiger partial charge is 0.128 e. The Balaban J connectivity index is 0.000000193. The van der Waals surface area contributed by atoms with E-state index in [-0.39, 0.29) is 48.1 Å². The van der Waals surface area contributed by atoms with Crippen molar-refractivity contribution in [1.29, 1.82) is 0 Å². The summed E-state index contributed by atoms with van der Waals surface area (Å²) in [6, 6.07) is 37.4. The molecule has 0 aliphatic heterocycles. The minimum atomic E-state index is -2.65. The molecule has 8 aromatic rings. The van der Waals surface area contributed by atoms with E-state index in [1.807, 2.05) is 36.4 Å². The molecule has 1 radical (unpaired) electrons. The molecule has 1 spiro atoms. The molecule has 3 nitrogen and oxygen atoms in total. The Morgan fingerprint density at radius 1 is 0.667 bits per heavy atom. The Morgan fingerprint density at radius 2 is 1.40 bits per heavy atom. The molecule has 57 heavy (non-hydrogen) atoms. The summed E-state index contributed by atoms with van der Waals surface area (Å²) in [5, 5.41) is 4.17. The Kier molecular flexibility index (Phi) is 7.59. The van der Waals surface area contributed by atoms with E-state index < -0.39 is 33.3 Å². The van der Waals surface area contributed by atoms with Crippen LogP contribution in [0.1, 0.15) is 109 Å². The quantitative estimate of drug-likeness (QED) is 0.165. The molecule has 2 fully saturated rings. The monoisotopic (exact) mass is 936 g/mol. The Hall–Kier alpha value is -4.89. The first-order valence-electron chi connectivity index (χ1n) is 25.9. The van der Waals surface area contributed by atoms with Gasteiger partial charge in [0.25, 0.3) is 0 Å². The van der Waals surface area contributed by atoms with Gasteiger partial charge in [0.1, 0.15) is 5.58 Å². The fourth-order valence-corrected chi connectivity index (χ4v) is 8.80. The van der Waals surface area contributed by atoms with Gasteiger partial charge in [-0.2, -0.15) is 0 Å². The summed E-state index contributed by atoms with van der Waals surface area (Å²) in [7, 11) is 0. The van der Waals surface area contributed by atoms with Crippen molar-refractivity contribution < 1.29 is 42.3 Å². The van der Waals surface area contributed by atoms with E-state index in [4.69, 9.17) is 20.9 Å². The van der Waals surface area contributed by atoms with Crippen LogP contribution in [0.15, 0.2) is 120 Å². The zero-order valence-electron chi connectivity index (χ0n) is 44.5. The standard InChI is InChI=1S/C33H32NO.C20H18N.Ir/c1-22-21-34-30(20-29(22)24-14-18-33(19-15-24)16-5-2-6-17-33)28-11-7-10-26-27-13-12-23-8-3-4-9-25(23)31(27)35-32(26)28;1-14-9-10-18(20-11-15(2)16(3)13-21-20)12-19(14)17-7-5-4-6-8-17;/h3-4,7-10,12-13,20-21,24H,2,5-6,14-19H2,1H3;4-9,11-13H,1-3H3;/q2*-1;/i1D3,24D;1D3,2D3,3D3;. The van der Waals surface area contributed by atoms with Crippen LogP contribution in [0.3, 0.4) is 0 Å². The molecular formula is C53H50IrN2O-2. The molecule has 0 bridgehead atoms. The molecule has 289 valence electrons. The van der Waals surface area contributed by atoms with E-state index in [1.54, 1.807) is 30.3 Å². The van der Waals surface area contributed by atoms with Gasteiger partial charge < -0.3 is 14.4 Å². The molecule has 0 unspecified atom stereocenters. The molecule has 10 rings (SSSR count). The van der Waals surface area contributed by atoms with Gasteiger partial charge in [-0.1, -0.05) is 127 Å². The van der Waals surface area contributed by atoms with E-state index in [0.717, 1.165) is 46.2 Å². The molecule has 5 aromatic carbocycles. The second kappa shape index (κ2) is 16.5. The van der Waals surface area contributed by atoms with E-state index in [1.165, 1.54) is 50.4 Å². The van der Waals surface area contributed by atoms with Gasteiger partial charge in [0.05, 0.1) is 5.58 Å². The number of aryl methyl sites for hydroxylation is 4. The van der Waals surface area contributed by atoms with Gasteiger partial charge in [-0.15, -0.1) is 47.5 Å². The first-order chi connectivity index (χ1) is 32.5. The van der Waals surface area contributed by atoms with Crippen molar-refractivity contribution in [3.8, 4) is 33.6 Å². The van der Waals surface area contributed by atoms with Gasteiger partial charge in [-0.3, -0.25) is 0 Å². The molecule has 0 amide bonds. The number of nitrogens with zero attached hydrogens (tertiary/aromatic N) is 2. The third-order valence-electron chi connectivity index (χ3n) is 11.9. The Labute approximate surface area is 369 Å². The van der Waals surface area contributed by atoms with Crippen LogP contribution < -0.4 is 0 Å². The maximum Gasteiger partial charge on any atom is 0.128 e. The van der Waals surface area contributed by atoms with E-state index in [0.29, 0.717) is 57.4 Å². The van der Waals surface area contributed by atoms with Gasteiger partial charge in [-0.25, -0.2) is 0 Å². The molecule has 2 saturated carbocycles. The van der Waals surface area contributed by atoms with Crippen molar-refractivity contribution in [3.63, 3.8) is 0 Å². The average molecular weight is 936 g/mol. The van der Waals surface area contributed by atoms with Crippen LogP contribution in [0.2, 0.25) is 0 Å². The van der Waals surface area contributed by atoms with Crippen LogP contribution in [0.25, 0.3) is 66.4 Å². The summed E-state index contributed by atoms with van der Waals surface area (Å²) < 4.78 is 110. The summed E-state index contributed by atoms with van der Waals surface area (Å²) in [6.45, 7) is -9.98. The molecule has 0 atom stereocenters. The molecular weight excluding hydrogens is 873 g/mol. The number of pyridine rings is 2. The third-order valence-corrected chi connectivity index (χ3v) is 11.9. The molecule has 0 N–H and O–H groups in total. The van der Waals surface area contributed by atoms with Crippen molar-refractivity contribution in [2.45, 2.75) is 91.1 Å². The van der Waals surface area contributed by atoms with Gasteiger partial charge in [0, 0.05) is 61.1 Å². The molecule has 4 heteroatoms. The van der Waals surface area contributed by atoms with Crippen LogP contribution in [0.4, 0.5) is 0 Å². The minimum Gasteiger partial charge on any atom is -0.500 e. The summed E-state index contributed by atoms with van der Waals surface area (Å²) in [5.74, 6) is -0.942. The summed E-state index contributed by atoms with van der Waals surface area (Å²) in [5.41, 5.74) is 5.08. The van der Waals surface area contributed by atoms with Crippen molar-refractivity contribution in [2.75, 3.05) is 0 Å². The van der Waals surface area contributed by atoms with Crippen molar-refractivity contribution in [2.24, 2.45) is 5.41 Å². The first-order valence-corrected chi connectivity index (χ1v) is 19.4. The van der Waals surface area contributed by atoms with Gasteiger partial charge >= 0.3 is 0 Å². The Bertz CT molecular complexity index is 3180. The number of benzene rings is 5. The number of hydrogen-bond acceptors (Lipinski definition) is 3. The van der Waals surface area contributed by atoms with Crippen molar-refractivity contribution >= 4 is 32.7 Å². The van der Waals surface area contributed by atoms with Crippen LogP contribution >= 0.6 is 0 Å². The predicted molar refractivity (Wildman–Crippen MR) is 233 cm³/mol. The number of furan rings is 1. The fourth-order valence-electron chi connectivity index (χ4n) is 8.80. The van der Waals surface area contributed by atoms with Gasteiger partial charge in [0.15, 0.2) is 0 Å². The Morgan fingerprint density at radius 3 is 2.21 bits per heavy atom. The maximum absolute atomic E-state index is 9.57. The minimum absolute atomic E-state index is 0. The van der Waals surface area contributed by atoms with Crippen LogP contribution in [-0.2, 0) is 20.1 Å². The molecule has 2 aliphatic rings. The fraction of sp³-hybridized carbons (Fsp3) is 0.283. The molecule has 2 aliphatic carbocycles. The third kappa shape index (κ3) is 7.75. The summed E-state index contributed by atoms with van der Waals surface area (Å²) in [4.78, 5) is 8.77. The predicted octanol–water partition coefficient (Wildman–Crippen LogP) is 14.7. The summed E-state index contributed by atoms with van der Waals surface area (Å²) >= 11 is 0. The second-order valence-corrected chi connectivity index (χ2v) is 15.3. The van der Waals surface area contributed by atoms with Crippen molar-refractivity contribution in [1.82, 2.24) is 9.97 Å². The topological polar surface area (TPSA) is 38.9 Å². The zero-order chi connectivity index (χ0) is 49.1. The number of fused-ring (bicyclic) bond motifs is 5. The SMILES string of the molecule is [2H]C([2H])([2H])c1c[c-]c(-c2cc(C([2H])([2H])[2H])c(C([2H])([2H])[2H])cn2)cc1-c1ccccc1.[2H]C([2H])([2H])c1cnc(-c2[c-]ccc3c2oc2c4ccccc4ccc32)cc1C1([2H])CCC2(CCCCC2)CC1.[Ir]. The summed E-state index contributed by atoms with van der Waals surface area (Å²) in [6.07, 6.45) is 12.2. The normalized spacial score (nSPS) is 20.2. The molecule has 3 heterocycles. The first kappa shape index (κ1) is 26.2. The largest absolute Gasteiger partial charge is 0.500 e. The average Bonchev–Trinajstić information content (AvgIpc) is 3.71. The van der Waals surface area contributed by atoms with Crippen molar-refractivity contribution in [3.05, 3.63) is 155 Å². The molecule has 3 aromatic heterocycles. The second-order valence-electron chi connectivity index (χ2n) is 15.3. The van der Waals surface area contributed by atoms with Crippen LogP contribution in [-0.4, -0.2) is 9.97 Å². The number of aromatic nitrogens is 2. The van der Waals surface area contributed by atoms with Crippen LogP contribution in [0.5, 0.6) is 0 Å². The van der Waals surface area contributed by atoms with Crippen LogP contribution in [0, 0.1) is 45.0 Å². The zero-order valence-corrected chi connectivity index (χ0v) is 33.9. The van der Waals surface area contributed by atoms with E-state index in [9.17, 15) is 1.37 Å². The maximum atomic E-state index is 9.57. The van der Waals surface area contributed by atoms with Gasteiger partial charge in [-0.05, 0) is 109 Å². The number of hydrogen-bond donors (Lipinski definition) is 0. The van der Waals surface area contributed by atoms with E-state index in [2.05, 4.69) is 46.4 Å². The van der Waals surface area contributed by atoms with E-state index >= 15 is 0 Å².